The quantitative estimate of drug-likeness (QED) is 0.329. The van der Waals surface area contributed by atoms with Crippen molar-refractivity contribution < 1.29 is 9.13 Å². The summed E-state index contributed by atoms with van der Waals surface area (Å²) >= 11 is 0. The molecule has 21 heavy (non-hydrogen) atoms. The fourth-order valence-corrected chi connectivity index (χ4v) is 2.27. The number of nitrogens with zero attached hydrogens (tertiary/aromatic N) is 1. The van der Waals surface area contributed by atoms with Crippen LogP contribution in [0.5, 0.6) is 0 Å². The van der Waals surface area contributed by atoms with E-state index in [0.29, 0.717) is 6.61 Å². The van der Waals surface area contributed by atoms with Gasteiger partial charge in [-0.2, -0.15) is 0 Å². The van der Waals surface area contributed by atoms with Crippen molar-refractivity contribution >= 4 is 29.9 Å². The van der Waals surface area contributed by atoms with E-state index in [1.807, 2.05) is 12.1 Å². The molecule has 2 N–H and O–H groups in total. The van der Waals surface area contributed by atoms with E-state index in [1.54, 1.807) is 14.2 Å². The number of ether oxygens (including phenoxy) is 1. The van der Waals surface area contributed by atoms with Gasteiger partial charge in [-0.3, -0.25) is 4.99 Å². The maximum atomic E-state index is 13.0. The molecule has 1 saturated carbocycles. The summed E-state index contributed by atoms with van der Waals surface area (Å²) in [5, 5.41) is 6.52. The van der Waals surface area contributed by atoms with Gasteiger partial charge in [-0.1, -0.05) is 12.1 Å². The third-order valence-electron chi connectivity index (χ3n) is 3.73. The van der Waals surface area contributed by atoms with E-state index in [4.69, 9.17) is 4.74 Å². The van der Waals surface area contributed by atoms with Crippen LogP contribution in [-0.2, 0) is 10.2 Å². The molecule has 0 aromatic heterocycles. The third-order valence-corrected chi connectivity index (χ3v) is 3.73. The Morgan fingerprint density at radius 2 is 1.95 bits per heavy atom. The number of nitrogens with one attached hydrogen (secondary N) is 2. The molecule has 0 aliphatic heterocycles. The normalized spacial score (nSPS) is 16.0. The van der Waals surface area contributed by atoms with Gasteiger partial charge in [0.15, 0.2) is 5.96 Å². The van der Waals surface area contributed by atoms with Crippen LogP contribution in [0.4, 0.5) is 4.39 Å². The van der Waals surface area contributed by atoms with Crippen molar-refractivity contribution in [1.82, 2.24) is 10.6 Å². The molecule has 0 atom stereocenters. The lowest BCUT2D eigenvalue weighted by Gasteiger charge is -2.19. The number of hydrogen-bond donors (Lipinski definition) is 2. The molecule has 2 rings (SSSR count). The van der Waals surface area contributed by atoms with E-state index in [1.165, 1.54) is 17.7 Å². The van der Waals surface area contributed by atoms with Crippen LogP contribution < -0.4 is 10.6 Å². The SMILES string of the molecule is CN=C(NCCOC)NCC1(c2ccc(F)cc2)CC1.I. The van der Waals surface area contributed by atoms with Gasteiger partial charge >= 0.3 is 0 Å². The summed E-state index contributed by atoms with van der Waals surface area (Å²) in [4.78, 5) is 4.18. The highest BCUT2D eigenvalue weighted by molar-refractivity contribution is 14.0. The van der Waals surface area contributed by atoms with Crippen LogP contribution in [0.3, 0.4) is 0 Å². The van der Waals surface area contributed by atoms with Crippen LogP contribution in [0, 0.1) is 5.82 Å². The van der Waals surface area contributed by atoms with Gasteiger partial charge in [0.05, 0.1) is 6.61 Å². The molecule has 0 unspecified atom stereocenters. The van der Waals surface area contributed by atoms with Crippen LogP contribution in [0.2, 0.25) is 0 Å². The summed E-state index contributed by atoms with van der Waals surface area (Å²) in [6, 6.07) is 6.82. The highest BCUT2D eigenvalue weighted by Crippen LogP contribution is 2.47. The Balaban J connectivity index is 0.00000220. The van der Waals surface area contributed by atoms with E-state index in [0.717, 1.165) is 31.9 Å². The summed E-state index contributed by atoms with van der Waals surface area (Å²) in [7, 11) is 3.42. The molecule has 0 saturated heterocycles. The number of benzene rings is 1. The molecule has 4 nitrogen and oxygen atoms in total. The zero-order valence-electron chi connectivity index (χ0n) is 12.5. The molecule has 1 aliphatic carbocycles. The van der Waals surface area contributed by atoms with E-state index in [9.17, 15) is 4.39 Å². The topological polar surface area (TPSA) is 45.7 Å². The zero-order valence-corrected chi connectivity index (χ0v) is 14.8. The Morgan fingerprint density at radius 1 is 1.29 bits per heavy atom. The highest BCUT2D eigenvalue weighted by atomic mass is 127. The largest absolute Gasteiger partial charge is 0.383 e. The number of hydrogen-bond acceptors (Lipinski definition) is 2. The van der Waals surface area contributed by atoms with Crippen LogP contribution in [0.15, 0.2) is 29.3 Å². The second-order valence-corrected chi connectivity index (χ2v) is 5.13. The van der Waals surface area contributed by atoms with Crippen molar-refractivity contribution in [2.75, 3.05) is 33.9 Å². The Morgan fingerprint density at radius 3 is 2.48 bits per heavy atom. The lowest BCUT2D eigenvalue weighted by atomic mass is 9.96. The Labute approximate surface area is 142 Å². The number of rotatable bonds is 6. The van der Waals surface area contributed by atoms with Crippen molar-refractivity contribution in [3.63, 3.8) is 0 Å². The fraction of sp³-hybridized carbons (Fsp3) is 0.533. The van der Waals surface area contributed by atoms with Crippen molar-refractivity contribution in [2.24, 2.45) is 4.99 Å². The first-order valence-electron chi connectivity index (χ1n) is 6.90. The van der Waals surface area contributed by atoms with Crippen LogP contribution in [0.25, 0.3) is 0 Å². The van der Waals surface area contributed by atoms with Gasteiger partial charge in [-0.15, -0.1) is 24.0 Å². The summed E-state index contributed by atoms with van der Waals surface area (Å²) in [6.07, 6.45) is 2.25. The predicted molar refractivity (Wildman–Crippen MR) is 94.0 cm³/mol. The van der Waals surface area contributed by atoms with Gasteiger partial charge in [0.25, 0.3) is 0 Å². The fourth-order valence-electron chi connectivity index (χ4n) is 2.27. The van der Waals surface area contributed by atoms with Crippen molar-refractivity contribution in [3.8, 4) is 0 Å². The summed E-state index contributed by atoms with van der Waals surface area (Å²) < 4.78 is 18.0. The molecule has 1 fully saturated rings. The average Bonchev–Trinajstić information content (AvgIpc) is 3.24. The Bertz CT molecular complexity index is 460. The first-order valence-corrected chi connectivity index (χ1v) is 6.90. The van der Waals surface area contributed by atoms with E-state index in [-0.39, 0.29) is 35.2 Å². The minimum Gasteiger partial charge on any atom is -0.383 e. The molecule has 0 amide bonds. The van der Waals surface area contributed by atoms with Crippen molar-refractivity contribution in [2.45, 2.75) is 18.3 Å². The van der Waals surface area contributed by atoms with Gasteiger partial charge in [-0.25, -0.2) is 4.39 Å². The molecule has 6 heteroatoms. The molecule has 0 radical (unpaired) electrons. The smallest absolute Gasteiger partial charge is 0.191 e. The molecule has 1 aliphatic rings. The molecule has 0 bridgehead atoms. The van der Waals surface area contributed by atoms with Crippen LogP contribution >= 0.6 is 24.0 Å². The number of aliphatic imine (C=N–C) groups is 1. The van der Waals surface area contributed by atoms with Gasteiger partial charge < -0.3 is 15.4 Å². The second kappa shape index (κ2) is 8.53. The summed E-state index contributed by atoms with van der Waals surface area (Å²) in [5.74, 6) is 0.588. The second-order valence-electron chi connectivity index (χ2n) is 5.13. The van der Waals surface area contributed by atoms with Gasteiger partial charge in [0.1, 0.15) is 5.82 Å². The van der Waals surface area contributed by atoms with E-state index < -0.39 is 0 Å². The van der Waals surface area contributed by atoms with Gasteiger partial charge in [-0.05, 0) is 30.5 Å². The minimum atomic E-state index is -0.186. The van der Waals surface area contributed by atoms with Crippen LogP contribution in [0.1, 0.15) is 18.4 Å². The number of guanidine groups is 1. The maximum Gasteiger partial charge on any atom is 0.191 e. The molecular formula is C15H23FIN3O. The monoisotopic (exact) mass is 407 g/mol. The predicted octanol–water partition coefficient (Wildman–Crippen LogP) is 2.29. The zero-order chi connectivity index (χ0) is 14.4. The Hall–Kier alpha value is -0.890. The standard InChI is InChI=1S/C15H22FN3O.HI/c1-17-14(18-9-10-20-2)19-11-15(7-8-15)12-3-5-13(16)6-4-12;/h3-6H,7-11H2,1-2H3,(H2,17,18,19);1H. The summed E-state index contributed by atoms with van der Waals surface area (Å²) in [5.41, 5.74) is 1.32. The molecular weight excluding hydrogens is 384 g/mol. The summed E-state index contributed by atoms with van der Waals surface area (Å²) in [6.45, 7) is 2.18. The van der Waals surface area contributed by atoms with Crippen LogP contribution in [-0.4, -0.2) is 39.8 Å². The number of halogens is 2. The van der Waals surface area contributed by atoms with Crippen molar-refractivity contribution in [1.29, 1.82) is 0 Å². The van der Waals surface area contributed by atoms with Gasteiger partial charge in [0, 0.05) is 32.7 Å². The molecule has 1 aromatic carbocycles. The Kier molecular flexibility index (Phi) is 7.37. The first-order chi connectivity index (χ1) is 9.70. The molecule has 118 valence electrons. The minimum absolute atomic E-state index is 0. The molecule has 0 spiro atoms. The highest BCUT2D eigenvalue weighted by Gasteiger charge is 2.44. The van der Waals surface area contributed by atoms with Crippen molar-refractivity contribution in [3.05, 3.63) is 35.6 Å². The number of methoxy groups -OCH3 is 1. The molecule has 0 heterocycles. The lowest BCUT2D eigenvalue weighted by Crippen LogP contribution is -2.42. The van der Waals surface area contributed by atoms with Gasteiger partial charge in [0.2, 0.25) is 0 Å². The lowest BCUT2D eigenvalue weighted by molar-refractivity contribution is 0.203. The molecule has 1 aromatic rings. The maximum absolute atomic E-state index is 13.0. The third kappa shape index (κ3) is 5.10. The average molecular weight is 407 g/mol. The first kappa shape index (κ1) is 18.2. The van der Waals surface area contributed by atoms with E-state index in [2.05, 4.69) is 15.6 Å². The van der Waals surface area contributed by atoms with E-state index >= 15 is 0 Å².